The van der Waals surface area contributed by atoms with Gasteiger partial charge < -0.3 is 10.4 Å². The van der Waals surface area contributed by atoms with Crippen LogP contribution in [0.5, 0.6) is 5.75 Å². The highest BCUT2D eigenvalue weighted by Crippen LogP contribution is 2.49. The molecule has 2 N–H and O–H groups in total. The van der Waals surface area contributed by atoms with Gasteiger partial charge in [-0.05, 0) is 74.5 Å². The molecule has 0 aliphatic heterocycles. The number of aromatic hydroxyl groups is 1. The third-order valence-electron chi connectivity index (χ3n) is 5.61. The fraction of sp³-hybridized carbons (Fsp3) is 0.667. The number of nitrogens with one attached hydrogen (secondary N) is 1. The summed E-state index contributed by atoms with van der Waals surface area (Å²) >= 11 is 0. The van der Waals surface area contributed by atoms with Crippen LogP contribution in [0.2, 0.25) is 0 Å². The summed E-state index contributed by atoms with van der Waals surface area (Å²) in [5.74, 6) is 3.32. The first kappa shape index (κ1) is 13.9. The number of aryl methyl sites for hydroxylation is 2. The smallest absolute Gasteiger partial charge is 0.121 e. The van der Waals surface area contributed by atoms with Gasteiger partial charge in [-0.3, -0.25) is 0 Å². The summed E-state index contributed by atoms with van der Waals surface area (Å²) in [6, 6.07) is 4.81. The van der Waals surface area contributed by atoms with Crippen molar-refractivity contribution in [2.24, 2.45) is 17.8 Å². The molecule has 20 heavy (non-hydrogen) atoms. The summed E-state index contributed by atoms with van der Waals surface area (Å²) in [5.41, 5.74) is 3.25. The summed E-state index contributed by atoms with van der Waals surface area (Å²) in [6.07, 6.45) is 5.85. The summed E-state index contributed by atoms with van der Waals surface area (Å²) in [5, 5.41) is 13.5. The number of hydrogen-bond acceptors (Lipinski definition) is 2. The summed E-state index contributed by atoms with van der Waals surface area (Å²) in [4.78, 5) is 0. The van der Waals surface area contributed by atoms with Crippen molar-refractivity contribution in [2.45, 2.75) is 59.0 Å². The molecule has 0 amide bonds. The van der Waals surface area contributed by atoms with Crippen LogP contribution in [0.25, 0.3) is 0 Å². The molecule has 2 aliphatic carbocycles. The van der Waals surface area contributed by atoms with E-state index in [9.17, 15) is 5.11 Å². The van der Waals surface area contributed by atoms with Crippen LogP contribution in [0.3, 0.4) is 0 Å². The van der Waals surface area contributed by atoms with Crippen molar-refractivity contribution < 1.29 is 5.11 Å². The molecule has 0 spiro atoms. The lowest BCUT2D eigenvalue weighted by molar-refractivity contribution is 0.259. The van der Waals surface area contributed by atoms with E-state index in [0.717, 1.165) is 35.4 Å². The maximum Gasteiger partial charge on any atom is 0.121 e. The largest absolute Gasteiger partial charge is 0.507 e. The summed E-state index contributed by atoms with van der Waals surface area (Å²) < 4.78 is 0. The van der Waals surface area contributed by atoms with Gasteiger partial charge in [-0.25, -0.2) is 0 Å². The van der Waals surface area contributed by atoms with E-state index >= 15 is 0 Å². The second-order valence-corrected chi connectivity index (χ2v) is 7.09. The molecule has 1 aromatic carbocycles. The van der Waals surface area contributed by atoms with E-state index in [1.54, 1.807) is 0 Å². The number of hydrogen-bond donors (Lipinski definition) is 2. The monoisotopic (exact) mass is 273 g/mol. The average molecular weight is 273 g/mol. The first-order valence-corrected chi connectivity index (χ1v) is 8.07. The fourth-order valence-electron chi connectivity index (χ4n) is 4.48. The Morgan fingerprint density at radius 3 is 2.45 bits per heavy atom. The Labute approximate surface area is 122 Å². The van der Waals surface area contributed by atoms with Crippen LogP contribution >= 0.6 is 0 Å². The van der Waals surface area contributed by atoms with E-state index in [0.29, 0.717) is 11.8 Å². The Morgan fingerprint density at radius 2 is 1.90 bits per heavy atom. The van der Waals surface area contributed by atoms with Crippen molar-refractivity contribution in [3.8, 4) is 5.75 Å². The standard InChI is InChI=1S/C18H27NO/c1-11-6-15(7-12(2)18(11)20)10-19-13(3)17-9-14-4-5-16(17)8-14/h6-7,13-14,16-17,19-20H,4-5,8-10H2,1-3H3. The third kappa shape index (κ3) is 2.58. The van der Waals surface area contributed by atoms with Gasteiger partial charge in [-0.1, -0.05) is 18.6 Å². The lowest BCUT2D eigenvalue weighted by Gasteiger charge is -2.28. The van der Waals surface area contributed by atoms with Gasteiger partial charge >= 0.3 is 0 Å². The van der Waals surface area contributed by atoms with Crippen molar-refractivity contribution in [1.29, 1.82) is 0 Å². The van der Waals surface area contributed by atoms with Crippen molar-refractivity contribution >= 4 is 0 Å². The van der Waals surface area contributed by atoms with Crippen LogP contribution in [-0.4, -0.2) is 11.1 Å². The molecule has 2 nitrogen and oxygen atoms in total. The predicted molar refractivity (Wildman–Crippen MR) is 82.8 cm³/mol. The zero-order chi connectivity index (χ0) is 14.3. The van der Waals surface area contributed by atoms with Crippen molar-refractivity contribution in [3.63, 3.8) is 0 Å². The Morgan fingerprint density at radius 1 is 1.20 bits per heavy atom. The summed E-state index contributed by atoms with van der Waals surface area (Å²) in [7, 11) is 0. The molecular formula is C18H27NO. The molecule has 1 aromatic rings. The van der Waals surface area contributed by atoms with Crippen LogP contribution in [0.15, 0.2) is 12.1 Å². The zero-order valence-electron chi connectivity index (χ0n) is 12.9. The molecule has 4 unspecified atom stereocenters. The minimum absolute atomic E-state index is 0.440. The minimum atomic E-state index is 0.440. The van der Waals surface area contributed by atoms with Crippen molar-refractivity contribution in [3.05, 3.63) is 28.8 Å². The van der Waals surface area contributed by atoms with E-state index in [1.807, 2.05) is 13.8 Å². The highest BCUT2D eigenvalue weighted by atomic mass is 16.3. The number of fused-ring (bicyclic) bond motifs is 2. The molecule has 2 bridgehead atoms. The quantitative estimate of drug-likeness (QED) is 0.871. The van der Waals surface area contributed by atoms with Crippen molar-refractivity contribution in [2.75, 3.05) is 0 Å². The minimum Gasteiger partial charge on any atom is -0.507 e. The molecular weight excluding hydrogens is 246 g/mol. The SMILES string of the molecule is Cc1cc(CNC(C)C2CC3CCC2C3)cc(C)c1O. The van der Waals surface area contributed by atoms with Gasteiger partial charge in [-0.15, -0.1) is 0 Å². The topological polar surface area (TPSA) is 32.3 Å². The second-order valence-electron chi connectivity index (χ2n) is 7.09. The van der Waals surface area contributed by atoms with Gasteiger partial charge in [-0.2, -0.15) is 0 Å². The lowest BCUT2D eigenvalue weighted by atomic mass is 9.84. The molecule has 2 heteroatoms. The van der Waals surface area contributed by atoms with Gasteiger partial charge in [0, 0.05) is 12.6 Å². The maximum atomic E-state index is 9.83. The number of phenols is 1. The van der Waals surface area contributed by atoms with Crippen LogP contribution in [0.1, 0.15) is 49.3 Å². The van der Waals surface area contributed by atoms with E-state index in [2.05, 4.69) is 24.4 Å². The second kappa shape index (κ2) is 5.40. The maximum absolute atomic E-state index is 9.83. The number of phenolic OH excluding ortho intramolecular Hbond substituents is 1. The van der Waals surface area contributed by atoms with E-state index < -0.39 is 0 Å². The fourth-order valence-corrected chi connectivity index (χ4v) is 4.48. The predicted octanol–water partition coefficient (Wildman–Crippen LogP) is 3.92. The Kier molecular flexibility index (Phi) is 3.76. The van der Waals surface area contributed by atoms with Crippen LogP contribution in [0.4, 0.5) is 0 Å². The van der Waals surface area contributed by atoms with Gasteiger partial charge in [0.05, 0.1) is 0 Å². The first-order chi connectivity index (χ1) is 9.54. The molecule has 3 rings (SSSR count). The van der Waals surface area contributed by atoms with E-state index in [1.165, 1.54) is 31.2 Å². The normalized spacial score (nSPS) is 29.9. The zero-order valence-corrected chi connectivity index (χ0v) is 12.9. The van der Waals surface area contributed by atoms with Gasteiger partial charge in [0.2, 0.25) is 0 Å². The number of benzene rings is 1. The number of rotatable bonds is 4. The highest BCUT2D eigenvalue weighted by Gasteiger charge is 2.41. The van der Waals surface area contributed by atoms with Crippen LogP contribution in [-0.2, 0) is 6.54 Å². The molecule has 2 aliphatic rings. The average Bonchev–Trinajstić information content (AvgIpc) is 3.04. The van der Waals surface area contributed by atoms with Crippen LogP contribution in [0, 0.1) is 31.6 Å². The third-order valence-corrected chi connectivity index (χ3v) is 5.61. The molecule has 110 valence electrons. The van der Waals surface area contributed by atoms with E-state index in [4.69, 9.17) is 0 Å². The Balaban J connectivity index is 1.59. The molecule has 0 radical (unpaired) electrons. The molecule has 4 atom stereocenters. The molecule has 0 heterocycles. The first-order valence-electron chi connectivity index (χ1n) is 8.07. The molecule has 0 saturated heterocycles. The van der Waals surface area contributed by atoms with Crippen molar-refractivity contribution in [1.82, 2.24) is 5.32 Å². The lowest BCUT2D eigenvalue weighted by Crippen LogP contribution is -2.35. The van der Waals surface area contributed by atoms with Gasteiger partial charge in [0.15, 0.2) is 0 Å². The molecule has 0 aromatic heterocycles. The van der Waals surface area contributed by atoms with Gasteiger partial charge in [0.1, 0.15) is 5.75 Å². The molecule has 2 fully saturated rings. The molecule has 2 saturated carbocycles. The van der Waals surface area contributed by atoms with Gasteiger partial charge in [0.25, 0.3) is 0 Å². The van der Waals surface area contributed by atoms with E-state index in [-0.39, 0.29) is 0 Å². The highest BCUT2D eigenvalue weighted by molar-refractivity contribution is 5.42. The Hall–Kier alpha value is -1.02. The Bertz CT molecular complexity index is 473. The summed E-state index contributed by atoms with van der Waals surface area (Å²) in [6.45, 7) is 7.22. The van der Waals surface area contributed by atoms with Crippen LogP contribution < -0.4 is 5.32 Å².